The lowest BCUT2D eigenvalue weighted by Gasteiger charge is -2.30. The first-order valence-electron chi connectivity index (χ1n) is 8.89. The third kappa shape index (κ3) is 8.19. The molecule has 0 saturated heterocycles. The standard InChI is InChI=1S/C21H33NO2/c1-17(2)12-10-11-13-18(3)22(20(23)24-21(4,5)6)16-19-14-8-7-9-15-19/h7-9,11,13-15,17-18H,10,12,16H2,1-6H3/b13-11+/t18-/m0/s1. The van der Waals surface area contributed by atoms with Crippen molar-refractivity contribution in [3.05, 3.63) is 48.0 Å². The van der Waals surface area contributed by atoms with Gasteiger partial charge >= 0.3 is 6.09 Å². The maximum Gasteiger partial charge on any atom is 0.411 e. The van der Waals surface area contributed by atoms with Crippen LogP contribution in [0.3, 0.4) is 0 Å². The quantitative estimate of drug-likeness (QED) is 0.590. The molecule has 0 radical (unpaired) electrons. The zero-order chi connectivity index (χ0) is 18.2. The van der Waals surface area contributed by atoms with Gasteiger partial charge in [-0.1, -0.05) is 56.3 Å². The van der Waals surface area contributed by atoms with Crippen molar-refractivity contribution in [3.63, 3.8) is 0 Å². The van der Waals surface area contributed by atoms with Gasteiger partial charge < -0.3 is 4.74 Å². The van der Waals surface area contributed by atoms with Crippen LogP contribution in [0.5, 0.6) is 0 Å². The van der Waals surface area contributed by atoms with Gasteiger partial charge in [-0.3, -0.25) is 4.90 Å². The van der Waals surface area contributed by atoms with E-state index in [2.05, 4.69) is 26.0 Å². The molecule has 0 spiro atoms. The molecule has 1 atom stereocenters. The van der Waals surface area contributed by atoms with Crippen LogP contribution < -0.4 is 0 Å². The van der Waals surface area contributed by atoms with Crippen LogP contribution >= 0.6 is 0 Å². The normalized spacial score (nSPS) is 13.3. The van der Waals surface area contributed by atoms with Gasteiger partial charge in [-0.2, -0.15) is 0 Å². The van der Waals surface area contributed by atoms with Gasteiger partial charge in [0.2, 0.25) is 0 Å². The highest BCUT2D eigenvalue weighted by molar-refractivity contribution is 5.69. The lowest BCUT2D eigenvalue weighted by molar-refractivity contribution is 0.0193. The number of ether oxygens (including phenoxy) is 1. The zero-order valence-electron chi connectivity index (χ0n) is 16.1. The molecule has 24 heavy (non-hydrogen) atoms. The Kier molecular flexibility index (Phi) is 8.03. The second-order valence-electron chi connectivity index (χ2n) is 7.73. The average Bonchev–Trinajstić information content (AvgIpc) is 2.48. The van der Waals surface area contributed by atoms with E-state index in [0.29, 0.717) is 12.5 Å². The zero-order valence-corrected chi connectivity index (χ0v) is 16.1. The second kappa shape index (κ2) is 9.51. The molecule has 0 aliphatic heterocycles. The second-order valence-corrected chi connectivity index (χ2v) is 7.73. The lowest BCUT2D eigenvalue weighted by atomic mass is 10.1. The fourth-order valence-electron chi connectivity index (χ4n) is 2.30. The van der Waals surface area contributed by atoms with E-state index in [0.717, 1.165) is 18.4 Å². The minimum Gasteiger partial charge on any atom is -0.444 e. The molecule has 1 aromatic carbocycles. The third-order valence-electron chi connectivity index (χ3n) is 3.64. The van der Waals surface area contributed by atoms with Gasteiger partial charge in [-0.05, 0) is 52.0 Å². The lowest BCUT2D eigenvalue weighted by Crippen LogP contribution is -2.41. The van der Waals surface area contributed by atoms with Gasteiger partial charge in [0.15, 0.2) is 0 Å². The van der Waals surface area contributed by atoms with Crippen molar-refractivity contribution in [1.82, 2.24) is 4.90 Å². The average molecular weight is 332 g/mol. The van der Waals surface area contributed by atoms with Crippen molar-refractivity contribution in [2.24, 2.45) is 5.92 Å². The number of hydrogen-bond donors (Lipinski definition) is 0. The molecule has 0 aliphatic rings. The molecule has 0 unspecified atom stereocenters. The van der Waals surface area contributed by atoms with Crippen molar-refractivity contribution in [2.75, 3.05) is 0 Å². The summed E-state index contributed by atoms with van der Waals surface area (Å²) in [4.78, 5) is 14.4. The fraction of sp³-hybridized carbons (Fsp3) is 0.571. The van der Waals surface area contributed by atoms with E-state index in [1.54, 1.807) is 4.90 Å². The third-order valence-corrected chi connectivity index (χ3v) is 3.64. The minimum absolute atomic E-state index is 0.00721. The number of rotatable bonds is 7. The summed E-state index contributed by atoms with van der Waals surface area (Å²) in [5.74, 6) is 0.691. The van der Waals surface area contributed by atoms with Crippen LogP contribution in [0.2, 0.25) is 0 Å². The Bertz CT molecular complexity index is 514. The summed E-state index contributed by atoms with van der Waals surface area (Å²) in [6.45, 7) is 12.7. The van der Waals surface area contributed by atoms with Crippen molar-refractivity contribution >= 4 is 6.09 Å². The van der Waals surface area contributed by atoms with Crippen LogP contribution in [-0.2, 0) is 11.3 Å². The maximum absolute atomic E-state index is 12.6. The van der Waals surface area contributed by atoms with Gasteiger partial charge in [0.1, 0.15) is 5.60 Å². The Morgan fingerprint density at radius 2 is 1.79 bits per heavy atom. The molecule has 0 heterocycles. The molecule has 0 saturated carbocycles. The summed E-state index contributed by atoms with van der Waals surface area (Å²) in [7, 11) is 0. The predicted molar refractivity (Wildman–Crippen MR) is 101 cm³/mol. The molecule has 0 aliphatic carbocycles. The first kappa shape index (κ1) is 20.3. The van der Waals surface area contributed by atoms with Gasteiger partial charge in [-0.15, -0.1) is 0 Å². The van der Waals surface area contributed by atoms with E-state index in [9.17, 15) is 4.79 Å². The van der Waals surface area contributed by atoms with Gasteiger partial charge in [-0.25, -0.2) is 4.79 Å². The van der Waals surface area contributed by atoms with E-state index in [-0.39, 0.29) is 12.1 Å². The Hall–Kier alpha value is -1.77. The molecule has 0 fully saturated rings. The summed E-state index contributed by atoms with van der Waals surface area (Å²) >= 11 is 0. The summed E-state index contributed by atoms with van der Waals surface area (Å²) in [6, 6.07) is 10.0. The number of carbonyl (C=O) groups is 1. The number of allylic oxidation sites excluding steroid dienone is 1. The molecule has 1 aromatic rings. The van der Waals surface area contributed by atoms with Crippen molar-refractivity contribution in [3.8, 4) is 0 Å². The molecule has 0 bridgehead atoms. The Labute approximate surface area is 147 Å². The van der Waals surface area contributed by atoms with E-state index >= 15 is 0 Å². The Morgan fingerprint density at radius 1 is 1.17 bits per heavy atom. The van der Waals surface area contributed by atoms with E-state index < -0.39 is 5.60 Å². The predicted octanol–water partition coefficient (Wildman–Crippen LogP) is 5.80. The first-order chi connectivity index (χ1) is 11.2. The molecule has 0 N–H and O–H groups in total. The van der Waals surface area contributed by atoms with Gasteiger partial charge in [0, 0.05) is 6.54 Å². The van der Waals surface area contributed by atoms with Gasteiger partial charge in [0.25, 0.3) is 0 Å². The number of nitrogens with zero attached hydrogens (tertiary/aromatic N) is 1. The summed E-state index contributed by atoms with van der Waals surface area (Å²) < 4.78 is 5.59. The fourth-order valence-corrected chi connectivity index (χ4v) is 2.30. The Morgan fingerprint density at radius 3 is 2.33 bits per heavy atom. The summed E-state index contributed by atoms with van der Waals surface area (Å²) in [6.07, 6.45) is 6.21. The monoisotopic (exact) mass is 331 g/mol. The van der Waals surface area contributed by atoms with E-state index in [4.69, 9.17) is 4.74 Å². The van der Waals surface area contributed by atoms with Crippen LogP contribution in [0.25, 0.3) is 0 Å². The largest absolute Gasteiger partial charge is 0.444 e. The number of amides is 1. The van der Waals surface area contributed by atoms with Crippen LogP contribution in [0.4, 0.5) is 4.79 Å². The molecule has 134 valence electrons. The summed E-state index contributed by atoms with van der Waals surface area (Å²) in [5.41, 5.74) is 0.610. The highest BCUT2D eigenvalue weighted by Crippen LogP contribution is 2.16. The minimum atomic E-state index is -0.493. The smallest absolute Gasteiger partial charge is 0.411 e. The van der Waals surface area contributed by atoms with Crippen molar-refractivity contribution in [2.45, 2.75) is 72.6 Å². The molecular weight excluding hydrogens is 298 g/mol. The number of carbonyl (C=O) groups excluding carboxylic acids is 1. The SMILES string of the molecule is CC(C)CC/C=C/[C@H](C)N(Cc1ccccc1)C(=O)OC(C)(C)C. The number of hydrogen-bond acceptors (Lipinski definition) is 2. The number of benzene rings is 1. The maximum atomic E-state index is 12.6. The van der Waals surface area contributed by atoms with Gasteiger partial charge in [0.05, 0.1) is 6.04 Å². The van der Waals surface area contributed by atoms with Crippen LogP contribution in [0.1, 0.15) is 59.9 Å². The summed E-state index contributed by atoms with van der Waals surface area (Å²) in [5, 5.41) is 0. The van der Waals surface area contributed by atoms with Crippen LogP contribution in [0.15, 0.2) is 42.5 Å². The topological polar surface area (TPSA) is 29.5 Å². The molecular formula is C21H33NO2. The van der Waals surface area contributed by atoms with E-state index in [1.807, 2.05) is 58.0 Å². The molecule has 3 nitrogen and oxygen atoms in total. The molecule has 1 rings (SSSR count). The van der Waals surface area contributed by atoms with E-state index in [1.165, 1.54) is 0 Å². The Balaban J connectivity index is 2.81. The first-order valence-corrected chi connectivity index (χ1v) is 8.89. The van der Waals surface area contributed by atoms with Crippen molar-refractivity contribution < 1.29 is 9.53 Å². The highest BCUT2D eigenvalue weighted by Gasteiger charge is 2.25. The highest BCUT2D eigenvalue weighted by atomic mass is 16.6. The van der Waals surface area contributed by atoms with Crippen LogP contribution in [-0.4, -0.2) is 22.6 Å². The molecule has 1 amide bonds. The van der Waals surface area contributed by atoms with Crippen LogP contribution in [0, 0.1) is 5.92 Å². The molecule has 3 heteroatoms. The van der Waals surface area contributed by atoms with Crippen molar-refractivity contribution in [1.29, 1.82) is 0 Å². The molecule has 0 aromatic heterocycles.